The van der Waals surface area contributed by atoms with Gasteiger partial charge in [0, 0.05) is 18.6 Å². The fraction of sp³-hybridized carbons (Fsp3) is 0.812. The number of nitrogens with zero attached hydrogens (tertiary/aromatic N) is 2. The van der Waals surface area contributed by atoms with Crippen LogP contribution in [0, 0.1) is 17.3 Å². The molecule has 0 amide bonds. The van der Waals surface area contributed by atoms with Crippen LogP contribution in [0.4, 0.5) is 0 Å². The molecule has 0 aliphatic heterocycles. The lowest BCUT2D eigenvalue weighted by Gasteiger charge is -2.36. The maximum atomic E-state index is 10.0. The molecule has 3 nitrogen and oxygen atoms in total. The molecule has 2 bridgehead atoms. The Morgan fingerprint density at radius 2 is 2.20 bits per heavy atom. The summed E-state index contributed by atoms with van der Waals surface area (Å²) in [5.74, 6) is 1.51. The molecule has 3 rings (SSSR count). The van der Waals surface area contributed by atoms with E-state index in [0.29, 0.717) is 12.5 Å². The topological polar surface area (TPSA) is 38.0 Å². The first-order valence-electron chi connectivity index (χ1n) is 7.98. The van der Waals surface area contributed by atoms with E-state index in [4.69, 9.17) is 11.6 Å². The Labute approximate surface area is 126 Å². The van der Waals surface area contributed by atoms with Crippen LogP contribution in [-0.4, -0.2) is 21.5 Å². The minimum Gasteiger partial charge on any atom is -0.396 e. The highest BCUT2D eigenvalue weighted by Gasteiger charge is 2.51. The molecule has 2 saturated carbocycles. The van der Waals surface area contributed by atoms with Crippen LogP contribution in [0.1, 0.15) is 50.9 Å². The third-order valence-electron chi connectivity index (χ3n) is 5.63. The van der Waals surface area contributed by atoms with Gasteiger partial charge in [-0.25, -0.2) is 0 Å². The molecular formula is C16H25ClN2O. The van der Waals surface area contributed by atoms with Crippen molar-refractivity contribution in [1.82, 2.24) is 9.78 Å². The van der Waals surface area contributed by atoms with E-state index in [9.17, 15) is 5.11 Å². The molecule has 3 atom stereocenters. The van der Waals surface area contributed by atoms with Gasteiger partial charge in [-0.15, -0.1) is 0 Å². The zero-order valence-electron chi connectivity index (χ0n) is 12.5. The lowest BCUT2D eigenvalue weighted by atomic mass is 9.70. The van der Waals surface area contributed by atoms with Gasteiger partial charge >= 0.3 is 0 Å². The fourth-order valence-corrected chi connectivity index (χ4v) is 4.88. The Morgan fingerprint density at radius 1 is 1.40 bits per heavy atom. The molecule has 1 aromatic rings. The second-order valence-electron chi connectivity index (χ2n) is 6.65. The monoisotopic (exact) mass is 296 g/mol. The Morgan fingerprint density at radius 3 is 2.70 bits per heavy atom. The summed E-state index contributed by atoms with van der Waals surface area (Å²) in [5.41, 5.74) is 2.21. The summed E-state index contributed by atoms with van der Waals surface area (Å²) in [6, 6.07) is 0. The molecule has 1 aromatic heterocycles. The average molecular weight is 297 g/mol. The van der Waals surface area contributed by atoms with Gasteiger partial charge < -0.3 is 5.11 Å². The first-order valence-corrected chi connectivity index (χ1v) is 8.36. The molecule has 1 heterocycles. The normalized spacial score (nSPS) is 32.2. The maximum absolute atomic E-state index is 10.0. The van der Waals surface area contributed by atoms with E-state index in [-0.39, 0.29) is 5.41 Å². The van der Waals surface area contributed by atoms with E-state index in [1.165, 1.54) is 25.7 Å². The highest BCUT2D eigenvalue weighted by Crippen LogP contribution is 2.57. The maximum Gasteiger partial charge on any atom is 0.0850 e. The van der Waals surface area contributed by atoms with Crippen molar-refractivity contribution in [2.24, 2.45) is 17.3 Å². The van der Waals surface area contributed by atoms with Crippen LogP contribution >= 0.6 is 11.6 Å². The number of hydrogen-bond donors (Lipinski definition) is 1. The predicted molar refractivity (Wildman–Crippen MR) is 81.0 cm³/mol. The summed E-state index contributed by atoms with van der Waals surface area (Å²) in [4.78, 5) is 0. The summed E-state index contributed by atoms with van der Waals surface area (Å²) in [5, 5.41) is 15.5. The molecular weight excluding hydrogens is 272 g/mol. The largest absolute Gasteiger partial charge is 0.396 e. The summed E-state index contributed by atoms with van der Waals surface area (Å²) in [6.07, 6.45) is 6.87. The molecule has 112 valence electrons. The molecule has 4 heteroatoms. The van der Waals surface area contributed by atoms with Gasteiger partial charge in [0.2, 0.25) is 0 Å². The molecule has 1 N–H and O–H groups in total. The Hall–Kier alpha value is -0.540. The molecule has 0 saturated heterocycles. The van der Waals surface area contributed by atoms with Crippen LogP contribution in [0.2, 0.25) is 5.02 Å². The van der Waals surface area contributed by atoms with Crippen molar-refractivity contribution in [3.63, 3.8) is 0 Å². The average Bonchev–Trinajstić information content (AvgIpc) is 3.14. The quantitative estimate of drug-likeness (QED) is 0.903. The van der Waals surface area contributed by atoms with Crippen molar-refractivity contribution < 1.29 is 5.11 Å². The lowest BCUT2D eigenvalue weighted by Crippen LogP contribution is -2.35. The third kappa shape index (κ3) is 2.10. The Bertz CT molecular complexity index is 499. The summed E-state index contributed by atoms with van der Waals surface area (Å²) in [6.45, 7) is 5.35. The van der Waals surface area contributed by atoms with Gasteiger partial charge in [-0.3, -0.25) is 4.68 Å². The molecule has 0 aromatic carbocycles. The molecule has 3 unspecified atom stereocenters. The SMILES string of the molecule is CCc1nn(CC)c(CC2(CO)CC3CCC2C3)c1Cl. The van der Waals surface area contributed by atoms with Crippen molar-refractivity contribution in [3.05, 3.63) is 16.4 Å². The van der Waals surface area contributed by atoms with Crippen LogP contribution in [0.25, 0.3) is 0 Å². The smallest absolute Gasteiger partial charge is 0.0850 e. The minimum atomic E-state index is 0.0600. The van der Waals surface area contributed by atoms with E-state index in [1.54, 1.807) is 0 Å². The molecule has 0 radical (unpaired) electrons. The van der Waals surface area contributed by atoms with Crippen LogP contribution in [0.5, 0.6) is 0 Å². The zero-order valence-corrected chi connectivity index (χ0v) is 13.3. The van der Waals surface area contributed by atoms with Gasteiger partial charge in [-0.1, -0.05) is 24.9 Å². The lowest BCUT2D eigenvalue weighted by molar-refractivity contribution is 0.0631. The number of fused-ring (bicyclic) bond motifs is 2. The van der Waals surface area contributed by atoms with E-state index < -0.39 is 0 Å². The van der Waals surface area contributed by atoms with Crippen LogP contribution in [0.3, 0.4) is 0 Å². The predicted octanol–water partition coefficient (Wildman–Crippen LogP) is 3.46. The Balaban J connectivity index is 1.92. The summed E-state index contributed by atoms with van der Waals surface area (Å²) >= 11 is 6.54. The van der Waals surface area contributed by atoms with Crippen molar-refractivity contribution in [3.8, 4) is 0 Å². The van der Waals surface area contributed by atoms with E-state index in [2.05, 4.69) is 18.9 Å². The minimum absolute atomic E-state index is 0.0600. The third-order valence-corrected chi connectivity index (χ3v) is 6.07. The second kappa shape index (κ2) is 5.34. The molecule has 20 heavy (non-hydrogen) atoms. The van der Waals surface area contributed by atoms with Crippen molar-refractivity contribution in [2.75, 3.05) is 6.61 Å². The number of halogens is 1. The second-order valence-corrected chi connectivity index (χ2v) is 7.03. The van der Waals surface area contributed by atoms with Gasteiger partial charge in [-0.05, 0) is 50.9 Å². The molecule has 2 aliphatic carbocycles. The standard InChI is InChI=1S/C16H25ClN2O/c1-3-13-15(17)14(19(4-2)18-13)9-16(10-20)8-11-5-6-12(16)7-11/h11-12,20H,3-10H2,1-2H3. The number of aliphatic hydroxyl groups is 1. The molecule has 2 fully saturated rings. The number of aliphatic hydroxyl groups excluding tert-OH is 1. The Kier molecular flexibility index (Phi) is 3.85. The zero-order chi connectivity index (χ0) is 14.3. The van der Waals surface area contributed by atoms with Crippen LogP contribution in [0.15, 0.2) is 0 Å². The molecule has 0 spiro atoms. The number of aromatic nitrogens is 2. The van der Waals surface area contributed by atoms with Crippen molar-refractivity contribution in [1.29, 1.82) is 0 Å². The van der Waals surface area contributed by atoms with E-state index in [1.807, 2.05) is 4.68 Å². The van der Waals surface area contributed by atoms with Gasteiger partial charge in [0.05, 0.1) is 16.4 Å². The van der Waals surface area contributed by atoms with Crippen molar-refractivity contribution in [2.45, 2.75) is 58.9 Å². The first-order chi connectivity index (χ1) is 9.63. The first kappa shape index (κ1) is 14.4. The van der Waals surface area contributed by atoms with Crippen molar-refractivity contribution >= 4 is 11.6 Å². The van der Waals surface area contributed by atoms with Gasteiger partial charge in [-0.2, -0.15) is 5.10 Å². The summed E-state index contributed by atoms with van der Waals surface area (Å²) < 4.78 is 2.05. The van der Waals surface area contributed by atoms with Crippen LogP contribution in [-0.2, 0) is 19.4 Å². The number of hydrogen-bond acceptors (Lipinski definition) is 2. The summed E-state index contributed by atoms with van der Waals surface area (Å²) in [7, 11) is 0. The number of rotatable bonds is 5. The van der Waals surface area contributed by atoms with Gasteiger partial charge in [0.25, 0.3) is 0 Å². The van der Waals surface area contributed by atoms with Crippen LogP contribution < -0.4 is 0 Å². The fourth-order valence-electron chi connectivity index (χ4n) is 4.54. The van der Waals surface area contributed by atoms with Gasteiger partial charge in [0.1, 0.15) is 0 Å². The highest BCUT2D eigenvalue weighted by molar-refractivity contribution is 6.31. The van der Waals surface area contributed by atoms with Gasteiger partial charge in [0.15, 0.2) is 0 Å². The van der Waals surface area contributed by atoms with E-state index >= 15 is 0 Å². The number of aryl methyl sites for hydroxylation is 2. The highest BCUT2D eigenvalue weighted by atomic mass is 35.5. The molecule has 2 aliphatic rings. The van der Waals surface area contributed by atoms with E-state index in [0.717, 1.165) is 41.7 Å².